The van der Waals surface area contributed by atoms with Gasteiger partial charge in [0.1, 0.15) is 6.10 Å². The third-order valence-electron chi connectivity index (χ3n) is 5.50. The highest BCUT2D eigenvalue weighted by Crippen LogP contribution is 2.29. The molecule has 3 aromatic rings. The van der Waals surface area contributed by atoms with E-state index in [0.717, 1.165) is 0 Å². The van der Waals surface area contributed by atoms with Gasteiger partial charge in [-0.1, -0.05) is 54.6 Å². The zero-order valence-corrected chi connectivity index (χ0v) is 18.9. The predicted molar refractivity (Wildman–Crippen MR) is 123 cm³/mol. The Morgan fingerprint density at radius 3 is 1.43 bits per heavy atom. The summed E-state index contributed by atoms with van der Waals surface area (Å²) in [6, 6.07) is 24.5. The van der Waals surface area contributed by atoms with E-state index in [0.29, 0.717) is 0 Å². The van der Waals surface area contributed by atoms with Crippen molar-refractivity contribution in [3.63, 3.8) is 0 Å². The Morgan fingerprint density at radius 1 is 0.629 bits per heavy atom. The highest BCUT2D eigenvalue weighted by atomic mass is 16.7. The molecule has 0 amide bonds. The molecule has 0 bridgehead atoms. The van der Waals surface area contributed by atoms with E-state index < -0.39 is 48.6 Å². The zero-order chi connectivity index (χ0) is 24.8. The van der Waals surface area contributed by atoms with Gasteiger partial charge in [-0.25, -0.2) is 14.4 Å². The van der Waals surface area contributed by atoms with Gasteiger partial charge >= 0.3 is 17.9 Å². The van der Waals surface area contributed by atoms with Gasteiger partial charge in [-0.2, -0.15) is 0 Å². The molecule has 8 nitrogen and oxygen atoms in total. The van der Waals surface area contributed by atoms with Gasteiger partial charge in [0, 0.05) is 0 Å². The van der Waals surface area contributed by atoms with Crippen LogP contribution in [0.25, 0.3) is 0 Å². The van der Waals surface area contributed by atoms with Crippen molar-refractivity contribution in [1.82, 2.24) is 0 Å². The lowest BCUT2D eigenvalue weighted by Crippen LogP contribution is -2.60. The average molecular weight is 476 g/mol. The first-order chi connectivity index (χ1) is 16.9. The van der Waals surface area contributed by atoms with Gasteiger partial charge in [0.2, 0.25) is 12.4 Å². The fourth-order valence-electron chi connectivity index (χ4n) is 3.62. The highest BCUT2D eigenvalue weighted by molar-refractivity contribution is 5.91. The molecule has 8 heteroatoms. The number of aliphatic hydroxyl groups excluding tert-OH is 1. The van der Waals surface area contributed by atoms with E-state index >= 15 is 0 Å². The van der Waals surface area contributed by atoms with Crippen LogP contribution in [0, 0.1) is 0 Å². The van der Waals surface area contributed by atoms with Gasteiger partial charge in [-0.05, 0) is 43.3 Å². The van der Waals surface area contributed by atoms with E-state index in [1.807, 2.05) is 0 Å². The molecule has 1 aliphatic heterocycles. The summed E-state index contributed by atoms with van der Waals surface area (Å²) in [6.07, 6.45) is -6.50. The summed E-state index contributed by atoms with van der Waals surface area (Å²) in [4.78, 5) is 38.4. The number of carbonyl (C=O) groups excluding carboxylic acids is 3. The Balaban J connectivity index is 1.63. The van der Waals surface area contributed by atoms with Crippen LogP contribution in [0.3, 0.4) is 0 Å². The number of ether oxygens (including phenoxy) is 4. The predicted octanol–water partition coefficient (Wildman–Crippen LogP) is 3.40. The molecule has 180 valence electrons. The zero-order valence-electron chi connectivity index (χ0n) is 18.9. The Hall–Kier alpha value is -4.01. The minimum Gasteiger partial charge on any atom is -0.452 e. The fraction of sp³-hybridized carbons (Fsp3) is 0.222. The van der Waals surface area contributed by atoms with Crippen molar-refractivity contribution in [2.75, 3.05) is 0 Å². The van der Waals surface area contributed by atoms with Gasteiger partial charge in [-0.15, -0.1) is 0 Å². The van der Waals surface area contributed by atoms with Gasteiger partial charge < -0.3 is 24.1 Å². The van der Waals surface area contributed by atoms with Crippen molar-refractivity contribution < 1.29 is 38.4 Å². The summed E-state index contributed by atoms with van der Waals surface area (Å²) in [6.45, 7) is 1.53. The van der Waals surface area contributed by atoms with Gasteiger partial charge in [0.05, 0.1) is 22.8 Å². The summed E-state index contributed by atoms with van der Waals surface area (Å²) >= 11 is 0. The molecule has 1 aliphatic rings. The fourth-order valence-corrected chi connectivity index (χ4v) is 3.62. The monoisotopic (exact) mass is 476 g/mol. The molecule has 1 saturated heterocycles. The number of aliphatic hydroxyl groups is 1. The van der Waals surface area contributed by atoms with E-state index in [1.165, 1.54) is 6.92 Å². The molecule has 0 aromatic heterocycles. The molecule has 3 aromatic carbocycles. The molecule has 5 unspecified atom stereocenters. The van der Waals surface area contributed by atoms with Crippen LogP contribution in [0.1, 0.15) is 38.0 Å². The Labute approximate surface area is 202 Å². The van der Waals surface area contributed by atoms with Crippen molar-refractivity contribution in [2.24, 2.45) is 0 Å². The second-order valence-electron chi connectivity index (χ2n) is 7.94. The Kier molecular flexibility index (Phi) is 7.54. The molecular weight excluding hydrogens is 452 g/mol. The highest BCUT2D eigenvalue weighted by Gasteiger charge is 2.50. The van der Waals surface area contributed by atoms with Crippen LogP contribution in [-0.2, 0) is 18.9 Å². The second kappa shape index (κ2) is 10.9. The second-order valence-corrected chi connectivity index (χ2v) is 7.94. The third kappa shape index (κ3) is 5.74. The maximum absolute atomic E-state index is 12.9. The average Bonchev–Trinajstić information content (AvgIpc) is 2.90. The first-order valence-electron chi connectivity index (χ1n) is 11.1. The Morgan fingerprint density at radius 2 is 1.00 bits per heavy atom. The first kappa shape index (κ1) is 24.1. The van der Waals surface area contributed by atoms with Crippen LogP contribution in [0.2, 0.25) is 0 Å². The standard InChI is InChI=1S/C27H24O8/c1-17-21(28)22(33-24(29)18-11-5-2-6-12-18)23(34-25(30)19-13-7-3-8-14-19)27(32-17)35-26(31)20-15-9-4-10-16-20/h2-17,21-23,27-28H,1H3. The number of hydrogen-bond donors (Lipinski definition) is 1. The van der Waals surface area contributed by atoms with Crippen LogP contribution >= 0.6 is 0 Å². The molecule has 1 heterocycles. The molecular formula is C27H24O8. The van der Waals surface area contributed by atoms with Crippen molar-refractivity contribution in [3.8, 4) is 0 Å². The van der Waals surface area contributed by atoms with E-state index in [2.05, 4.69) is 0 Å². The molecule has 35 heavy (non-hydrogen) atoms. The molecule has 1 N–H and O–H groups in total. The van der Waals surface area contributed by atoms with E-state index in [-0.39, 0.29) is 16.7 Å². The summed E-state index contributed by atoms with van der Waals surface area (Å²) in [5.41, 5.74) is 0.715. The molecule has 0 radical (unpaired) electrons. The van der Waals surface area contributed by atoms with Crippen molar-refractivity contribution in [2.45, 2.75) is 37.6 Å². The molecule has 0 saturated carbocycles. The molecule has 0 spiro atoms. The van der Waals surface area contributed by atoms with Crippen molar-refractivity contribution >= 4 is 17.9 Å². The normalized spacial score (nSPS) is 23.7. The van der Waals surface area contributed by atoms with Crippen LogP contribution in [0.5, 0.6) is 0 Å². The quantitative estimate of drug-likeness (QED) is 0.426. The number of hydrogen-bond acceptors (Lipinski definition) is 8. The van der Waals surface area contributed by atoms with Crippen LogP contribution in [-0.4, -0.2) is 53.7 Å². The largest absolute Gasteiger partial charge is 0.452 e. The number of carbonyl (C=O) groups is 3. The smallest absolute Gasteiger partial charge is 0.340 e. The minimum atomic E-state index is -1.44. The van der Waals surface area contributed by atoms with Gasteiger partial charge in [-0.3, -0.25) is 0 Å². The van der Waals surface area contributed by atoms with E-state index in [1.54, 1.807) is 91.0 Å². The van der Waals surface area contributed by atoms with Crippen LogP contribution in [0.4, 0.5) is 0 Å². The number of esters is 3. The maximum Gasteiger partial charge on any atom is 0.340 e. The number of rotatable bonds is 6. The van der Waals surface area contributed by atoms with E-state index in [9.17, 15) is 19.5 Å². The van der Waals surface area contributed by atoms with Crippen LogP contribution in [0.15, 0.2) is 91.0 Å². The number of benzene rings is 3. The summed E-state index contributed by atoms with van der Waals surface area (Å²) < 4.78 is 22.4. The van der Waals surface area contributed by atoms with Crippen molar-refractivity contribution in [1.29, 1.82) is 0 Å². The first-order valence-corrected chi connectivity index (χ1v) is 11.1. The molecule has 0 aliphatic carbocycles. The van der Waals surface area contributed by atoms with E-state index in [4.69, 9.17) is 18.9 Å². The topological polar surface area (TPSA) is 108 Å². The summed E-state index contributed by atoms with van der Waals surface area (Å²) in [5.74, 6) is -2.23. The maximum atomic E-state index is 12.9. The minimum absolute atomic E-state index is 0.224. The molecule has 5 atom stereocenters. The Bertz CT molecular complexity index is 1150. The summed E-state index contributed by atoms with van der Waals surface area (Å²) in [5, 5.41) is 10.8. The lowest BCUT2D eigenvalue weighted by Gasteiger charge is -2.41. The SMILES string of the molecule is CC1OC(OC(=O)c2ccccc2)C(OC(=O)c2ccccc2)C(OC(=O)c2ccccc2)C1O. The van der Waals surface area contributed by atoms with Crippen molar-refractivity contribution in [3.05, 3.63) is 108 Å². The lowest BCUT2D eigenvalue weighted by molar-refractivity contribution is -0.275. The summed E-state index contributed by atoms with van der Waals surface area (Å²) in [7, 11) is 0. The van der Waals surface area contributed by atoms with Gasteiger partial charge in [0.15, 0.2) is 6.10 Å². The molecule has 1 fully saturated rings. The third-order valence-corrected chi connectivity index (χ3v) is 5.50. The van der Waals surface area contributed by atoms with Crippen LogP contribution < -0.4 is 0 Å². The lowest BCUT2D eigenvalue weighted by atomic mass is 9.99. The van der Waals surface area contributed by atoms with Gasteiger partial charge in [0.25, 0.3) is 0 Å². The molecule has 4 rings (SSSR count).